The van der Waals surface area contributed by atoms with E-state index < -0.39 is 5.82 Å². The van der Waals surface area contributed by atoms with Gasteiger partial charge in [0.2, 0.25) is 0 Å². The predicted octanol–water partition coefficient (Wildman–Crippen LogP) is 1.88. The first kappa shape index (κ1) is 13.0. The lowest BCUT2D eigenvalue weighted by atomic mass is 10.0. The van der Waals surface area contributed by atoms with Crippen LogP contribution in [0.2, 0.25) is 0 Å². The molecular formula is C14H18FN3. The summed E-state index contributed by atoms with van der Waals surface area (Å²) >= 11 is 0. The number of nitriles is 1. The molecule has 1 aromatic carbocycles. The number of hydrogen-bond donors (Lipinski definition) is 1. The van der Waals surface area contributed by atoms with Crippen LogP contribution in [0.5, 0.6) is 0 Å². The second-order valence-corrected chi connectivity index (χ2v) is 4.79. The van der Waals surface area contributed by atoms with Gasteiger partial charge in [0.1, 0.15) is 11.9 Å². The Hall–Kier alpha value is -1.44. The van der Waals surface area contributed by atoms with E-state index in [0.29, 0.717) is 6.04 Å². The van der Waals surface area contributed by atoms with Crippen LogP contribution in [0, 0.1) is 17.1 Å². The summed E-state index contributed by atoms with van der Waals surface area (Å²) < 4.78 is 13.2. The van der Waals surface area contributed by atoms with Gasteiger partial charge in [-0.15, -0.1) is 0 Å². The van der Waals surface area contributed by atoms with Crippen molar-refractivity contribution in [2.75, 3.05) is 20.1 Å². The second kappa shape index (κ2) is 5.94. The smallest absolute Gasteiger partial charge is 0.140 e. The Balaban J connectivity index is 2.03. The quantitative estimate of drug-likeness (QED) is 0.886. The zero-order chi connectivity index (χ0) is 13.0. The normalized spacial score (nSPS) is 20.6. The fourth-order valence-corrected chi connectivity index (χ4v) is 2.45. The third-order valence-electron chi connectivity index (χ3n) is 3.47. The number of halogens is 1. The number of hydrogen-bond acceptors (Lipinski definition) is 3. The molecule has 0 saturated carbocycles. The number of rotatable bonds is 3. The molecule has 0 aliphatic carbocycles. The molecule has 0 spiro atoms. The molecule has 1 unspecified atom stereocenters. The summed E-state index contributed by atoms with van der Waals surface area (Å²) in [6.45, 7) is 2.86. The number of likely N-dealkylation sites (tertiary alicyclic amines) is 1. The summed E-state index contributed by atoms with van der Waals surface area (Å²) in [5, 5.41) is 12.1. The lowest BCUT2D eigenvalue weighted by molar-refractivity contribution is 0.188. The van der Waals surface area contributed by atoms with E-state index in [9.17, 15) is 4.39 Å². The minimum Gasteiger partial charge on any atom is -0.316 e. The van der Waals surface area contributed by atoms with E-state index in [4.69, 9.17) is 5.26 Å². The molecule has 3 nitrogen and oxygen atoms in total. The fraction of sp³-hybridized carbons (Fsp3) is 0.500. The first-order chi connectivity index (χ1) is 8.72. The first-order valence-electron chi connectivity index (χ1n) is 6.31. The van der Waals surface area contributed by atoms with Gasteiger partial charge in [-0.1, -0.05) is 6.07 Å². The van der Waals surface area contributed by atoms with Gasteiger partial charge < -0.3 is 5.32 Å². The highest BCUT2D eigenvalue weighted by atomic mass is 19.1. The maximum absolute atomic E-state index is 13.2. The second-order valence-electron chi connectivity index (χ2n) is 4.79. The van der Waals surface area contributed by atoms with Gasteiger partial charge in [0.05, 0.1) is 5.56 Å². The van der Waals surface area contributed by atoms with Gasteiger partial charge in [0.25, 0.3) is 0 Å². The van der Waals surface area contributed by atoms with Gasteiger partial charge in [-0.25, -0.2) is 4.39 Å². The number of benzene rings is 1. The van der Waals surface area contributed by atoms with E-state index in [-0.39, 0.29) is 5.56 Å². The van der Waals surface area contributed by atoms with Crippen molar-refractivity contribution >= 4 is 0 Å². The molecular weight excluding hydrogens is 229 g/mol. The van der Waals surface area contributed by atoms with Gasteiger partial charge in [0.15, 0.2) is 0 Å². The Morgan fingerprint density at radius 2 is 2.39 bits per heavy atom. The van der Waals surface area contributed by atoms with Crippen molar-refractivity contribution in [2.24, 2.45) is 0 Å². The van der Waals surface area contributed by atoms with E-state index in [0.717, 1.165) is 25.2 Å². The monoisotopic (exact) mass is 247 g/mol. The summed E-state index contributed by atoms with van der Waals surface area (Å²) in [4.78, 5) is 2.35. The predicted molar refractivity (Wildman–Crippen MR) is 68.5 cm³/mol. The summed E-state index contributed by atoms with van der Waals surface area (Å²) in [6, 6.07) is 7.22. The van der Waals surface area contributed by atoms with E-state index in [1.807, 2.05) is 13.1 Å². The molecule has 1 aromatic rings. The third kappa shape index (κ3) is 3.06. The molecule has 1 saturated heterocycles. The summed E-state index contributed by atoms with van der Waals surface area (Å²) in [5.41, 5.74) is 1.14. The molecule has 1 fully saturated rings. The van der Waals surface area contributed by atoms with E-state index in [1.54, 1.807) is 12.1 Å². The highest BCUT2D eigenvalue weighted by Gasteiger charge is 2.18. The Morgan fingerprint density at radius 3 is 3.11 bits per heavy atom. The summed E-state index contributed by atoms with van der Waals surface area (Å²) in [6.07, 6.45) is 2.39. The Bertz CT molecular complexity index is 453. The van der Waals surface area contributed by atoms with Crippen molar-refractivity contribution in [1.29, 1.82) is 5.26 Å². The number of nitrogens with zero attached hydrogens (tertiary/aromatic N) is 2. The van der Waals surface area contributed by atoms with Crippen LogP contribution in [0.4, 0.5) is 4.39 Å². The Kier molecular flexibility index (Phi) is 4.29. The fourth-order valence-electron chi connectivity index (χ4n) is 2.45. The molecule has 0 bridgehead atoms. The molecule has 18 heavy (non-hydrogen) atoms. The third-order valence-corrected chi connectivity index (χ3v) is 3.47. The first-order valence-corrected chi connectivity index (χ1v) is 6.31. The zero-order valence-electron chi connectivity index (χ0n) is 10.6. The number of nitrogens with one attached hydrogen (secondary N) is 1. The highest BCUT2D eigenvalue weighted by molar-refractivity contribution is 5.34. The molecule has 1 atom stereocenters. The minimum atomic E-state index is -0.437. The van der Waals surface area contributed by atoms with Gasteiger partial charge in [0, 0.05) is 19.1 Å². The summed E-state index contributed by atoms with van der Waals surface area (Å²) in [7, 11) is 1.99. The Labute approximate surface area is 107 Å². The molecule has 2 rings (SSSR count). The maximum atomic E-state index is 13.2. The lowest BCUT2D eigenvalue weighted by Gasteiger charge is -2.32. The van der Waals surface area contributed by atoms with Crippen molar-refractivity contribution in [1.82, 2.24) is 10.2 Å². The number of piperidine rings is 1. The van der Waals surface area contributed by atoms with E-state index >= 15 is 0 Å². The van der Waals surface area contributed by atoms with Crippen LogP contribution in [-0.2, 0) is 6.54 Å². The Morgan fingerprint density at radius 1 is 1.56 bits per heavy atom. The molecule has 0 amide bonds. The molecule has 1 aliphatic heterocycles. The largest absolute Gasteiger partial charge is 0.316 e. The van der Waals surface area contributed by atoms with Gasteiger partial charge in [-0.2, -0.15) is 5.26 Å². The molecule has 1 heterocycles. The van der Waals surface area contributed by atoms with Crippen LogP contribution in [-0.4, -0.2) is 31.1 Å². The van der Waals surface area contributed by atoms with Crippen LogP contribution in [0.25, 0.3) is 0 Å². The van der Waals surface area contributed by atoms with Crippen molar-refractivity contribution in [2.45, 2.75) is 25.4 Å². The standard InChI is InChI=1S/C14H18FN3/c1-17-13-3-2-6-18(10-13)9-11-4-5-14(15)12(7-11)8-16/h4-5,7,13,17H,2-3,6,9-10H2,1H3. The average molecular weight is 247 g/mol. The molecule has 0 radical (unpaired) electrons. The van der Waals surface area contributed by atoms with Gasteiger partial charge in [-0.3, -0.25) is 4.90 Å². The molecule has 96 valence electrons. The molecule has 0 aromatic heterocycles. The maximum Gasteiger partial charge on any atom is 0.140 e. The van der Waals surface area contributed by atoms with Crippen molar-refractivity contribution in [3.63, 3.8) is 0 Å². The van der Waals surface area contributed by atoms with Crippen molar-refractivity contribution in [3.8, 4) is 6.07 Å². The van der Waals surface area contributed by atoms with Crippen molar-refractivity contribution in [3.05, 3.63) is 35.1 Å². The van der Waals surface area contributed by atoms with Gasteiger partial charge in [-0.05, 0) is 44.1 Å². The summed E-state index contributed by atoms with van der Waals surface area (Å²) in [5.74, 6) is -0.437. The van der Waals surface area contributed by atoms with Crippen LogP contribution < -0.4 is 5.32 Å². The SMILES string of the molecule is CNC1CCCN(Cc2ccc(F)c(C#N)c2)C1. The van der Waals surface area contributed by atoms with E-state index in [2.05, 4.69) is 10.2 Å². The topological polar surface area (TPSA) is 39.1 Å². The lowest BCUT2D eigenvalue weighted by Crippen LogP contribution is -2.43. The van der Waals surface area contributed by atoms with Crippen LogP contribution in [0.3, 0.4) is 0 Å². The van der Waals surface area contributed by atoms with Crippen LogP contribution in [0.15, 0.2) is 18.2 Å². The molecule has 4 heteroatoms. The van der Waals surface area contributed by atoms with Crippen LogP contribution >= 0.6 is 0 Å². The molecule has 1 aliphatic rings. The van der Waals surface area contributed by atoms with E-state index in [1.165, 1.54) is 18.9 Å². The zero-order valence-corrected chi connectivity index (χ0v) is 10.6. The van der Waals surface area contributed by atoms with Gasteiger partial charge >= 0.3 is 0 Å². The van der Waals surface area contributed by atoms with Crippen molar-refractivity contribution < 1.29 is 4.39 Å². The minimum absolute atomic E-state index is 0.134. The molecule has 1 N–H and O–H groups in total. The average Bonchev–Trinajstić information content (AvgIpc) is 2.41. The number of likely N-dealkylation sites (N-methyl/N-ethyl adjacent to an activating group) is 1. The highest BCUT2D eigenvalue weighted by Crippen LogP contribution is 2.15. The van der Waals surface area contributed by atoms with Crippen LogP contribution in [0.1, 0.15) is 24.0 Å².